The van der Waals surface area contributed by atoms with Gasteiger partial charge in [0.1, 0.15) is 5.75 Å². The minimum atomic E-state index is -0.650. The van der Waals surface area contributed by atoms with Gasteiger partial charge in [-0.2, -0.15) is 0 Å². The Hall–Kier alpha value is -2.64. The molecule has 1 aromatic rings. The average Bonchev–Trinajstić information content (AvgIpc) is 2.29. The van der Waals surface area contributed by atoms with Crippen molar-refractivity contribution in [2.24, 2.45) is 0 Å². The molecule has 2 amide bonds. The fourth-order valence-corrected chi connectivity index (χ4v) is 1.14. The molecule has 0 saturated carbocycles. The maximum atomic E-state index is 11.3. The van der Waals surface area contributed by atoms with Gasteiger partial charge in [0.2, 0.25) is 11.8 Å². The number of nitrogens with zero attached hydrogens (tertiary/aromatic N) is 1. The number of phenolic OH excluding ortho intramolecular Hbond substituents is 1. The van der Waals surface area contributed by atoms with Crippen LogP contribution in [0.15, 0.2) is 18.2 Å². The highest BCUT2D eigenvalue weighted by Gasteiger charge is 2.12. The number of aromatic hydroxyl groups is 1. The molecule has 8 nitrogen and oxygen atoms in total. The van der Waals surface area contributed by atoms with E-state index in [0.717, 1.165) is 18.2 Å². The highest BCUT2D eigenvalue weighted by atomic mass is 16.6. The van der Waals surface area contributed by atoms with Crippen molar-refractivity contribution in [1.82, 2.24) is 5.32 Å². The van der Waals surface area contributed by atoms with Crippen molar-refractivity contribution >= 4 is 23.2 Å². The molecule has 0 aliphatic rings. The summed E-state index contributed by atoms with van der Waals surface area (Å²) in [5.41, 5.74) is -0.345. The van der Waals surface area contributed by atoms with Crippen LogP contribution in [0.4, 0.5) is 11.4 Å². The molecular weight excluding hydrogens is 242 g/mol. The summed E-state index contributed by atoms with van der Waals surface area (Å²) in [6.07, 6.45) is 0. The van der Waals surface area contributed by atoms with Crippen molar-refractivity contribution in [2.45, 2.75) is 6.92 Å². The Balaban J connectivity index is 2.77. The van der Waals surface area contributed by atoms with E-state index in [1.807, 2.05) is 0 Å². The molecule has 0 atom stereocenters. The Bertz CT molecular complexity index is 500. The van der Waals surface area contributed by atoms with E-state index in [-0.39, 0.29) is 29.6 Å². The third kappa shape index (κ3) is 3.74. The number of phenols is 1. The van der Waals surface area contributed by atoms with Gasteiger partial charge in [-0.1, -0.05) is 0 Å². The number of carbonyl (C=O) groups excluding carboxylic acids is 2. The number of anilines is 1. The molecule has 0 unspecified atom stereocenters. The molecular formula is C10H11N3O5. The topological polar surface area (TPSA) is 122 Å². The van der Waals surface area contributed by atoms with Crippen LogP contribution < -0.4 is 10.6 Å². The van der Waals surface area contributed by atoms with Crippen LogP contribution in [0.3, 0.4) is 0 Å². The van der Waals surface area contributed by atoms with Gasteiger partial charge in [-0.25, -0.2) is 0 Å². The summed E-state index contributed by atoms with van der Waals surface area (Å²) in [7, 11) is 0. The van der Waals surface area contributed by atoms with Crippen LogP contribution in [-0.2, 0) is 9.59 Å². The monoisotopic (exact) mass is 253 g/mol. The van der Waals surface area contributed by atoms with Gasteiger partial charge < -0.3 is 15.7 Å². The Kier molecular flexibility index (Phi) is 4.19. The van der Waals surface area contributed by atoms with E-state index in [2.05, 4.69) is 10.6 Å². The first-order valence-electron chi connectivity index (χ1n) is 4.92. The van der Waals surface area contributed by atoms with Crippen molar-refractivity contribution in [3.63, 3.8) is 0 Å². The highest BCUT2D eigenvalue weighted by molar-refractivity contribution is 5.95. The van der Waals surface area contributed by atoms with E-state index >= 15 is 0 Å². The van der Waals surface area contributed by atoms with Crippen LogP contribution in [0.2, 0.25) is 0 Å². The number of nitrogens with one attached hydrogen (secondary N) is 2. The largest absolute Gasteiger partial charge is 0.506 e. The predicted molar refractivity (Wildman–Crippen MR) is 62.1 cm³/mol. The van der Waals surface area contributed by atoms with Crippen molar-refractivity contribution in [2.75, 3.05) is 11.9 Å². The fourth-order valence-electron chi connectivity index (χ4n) is 1.14. The van der Waals surface area contributed by atoms with E-state index in [0.29, 0.717) is 0 Å². The molecule has 0 aliphatic carbocycles. The van der Waals surface area contributed by atoms with Gasteiger partial charge in [0.15, 0.2) is 0 Å². The summed E-state index contributed by atoms with van der Waals surface area (Å²) >= 11 is 0. The van der Waals surface area contributed by atoms with Crippen LogP contribution >= 0.6 is 0 Å². The van der Waals surface area contributed by atoms with Gasteiger partial charge in [0, 0.05) is 19.1 Å². The van der Waals surface area contributed by atoms with Gasteiger partial charge >= 0.3 is 0 Å². The fraction of sp³-hybridized carbons (Fsp3) is 0.200. The van der Waals surface area contributed by atoms with E-state index in [9.17, 15) is 24.8 Å². The molecule has 0 heterocycles. The van der Waals surface area contributed by atoms with Crippen LogP contribution in [0.1, 0.15) is 6.92 Å². The second kappa shape index (κ2) is 5.62. The van der Waals surface area contributed by atoms with Crippen molar-refractivity contribution in [1.29, 1.82) is 0 Å². The Morgan fingerprint density at radius 2 is 2.11 bits per heavy atom. The lowest BCUT2D eigenvalue weighted by atomic mass is 10.2. The quantitative estimate of drug-likeness (QED) is 0.406. The summed E-state index contributed by atoms with van der Waals surface area (Å²) < 4.78 is 0. The summed E-state index contributed by atoms with van der Waals surface area (Å²) in [6, 6.07) is 3.24. The molecule has 0 aromatic heterocycles. The lowest BCUT2D eigenvalue weighted by molar-refractivity contribution is -0.384. The third-order valence-corrected chi connectivity index (χ3v) is 1.96. The first-order chi connectivity index (χ1) is 8.40. The van der Waals surface area contributed by atoms with Crippen LogP contribution in [0, 0.1) is 10.1 Å². The van der Waals surface area contributed by atoms with Crippen LogP contribution in [0.25, 0.3) is 0 Å². The van der Waals surface area contributed by atoms with Gasteiger partial charge in [-0.3, -0.25) is 19.7 Å². The molecule has 1 rings (SSSR count). The van der Waals surface area contributed by atoms with E-state index in [1.54, 1.807) is 0 Å². The number of nitro groups is 1. The molecule has 0 fully saturated rings. The number of non-ortho nitro benzene ring substituents is 1. The lowest BCUT2D eigenvalue weighted by Crippen LogP contribution is -2.31. The molecule has 1 aromatic carbocycles. The average molecular weight is 253 g/mol. The second-order valence-corrected chi connectivity index (χ2v) is 3.42. The molecule has 96 valence electrons. The zero-order valence-electron chi connectivity index (χ0n) is 9.47. The van der Waals surface area contributed by atoms with E-state index in [4.69, 9.17) is 0 Å². The van der Waals surface area contributed by atoms with Gasteiger partial charge in [-0.05, 0) is 6.07 Å². The maximum Gasteiger partial charge on any atom is 0.271 e. The number of nitro benzene ring substituents is 1. The van der Waals surface area contributed by atoms with Crippen molar-refractivity contribution in [3.8, 4) is 5.75 Å². The Morgan fingerprint density at radius 3 is 2.67 bits per heavy atom. The molecule has 3 N–H and O–H groups in total. The zero-order valence-corrected chi connectivity index (χ0v) is 9.47. The van der Waals surface area contributed by atoms with Crippen LogP contribution in [0.5, 0.6) is 5.75 Å². The molecule has 0 saturated heterocycles. The minimum Gasteiger partial charge on any atom is -0.506 e. The van der Waals surface area contributed by atoms with Gasteiger partial charge in [0.25, 0.3) is 5.69 Å². The molecule has 0 radical (unpaired) electrons. The normalized spacial score (nSPS) is 9.61. The highest BCUT2D eigenvalue weighted by Crippen LogP contribution is 2.27. The molecule has 18 heavy (non-hydrogen) atoms. The lowest BCUT2D eigenvalue weighted by Gasteiger charge is -2.07. The Labute approximate surface area is 102 Å². The first-order valence-corrected chi connectivity index (χ1v) is 4.92. The van der Waals surface area contributed by atoms with Crippen molar-refractivity contribution in [3.05, 3.63) is 28.3 Å². The summed E-state index contributed by atoms with van der Waals surface area (Å²) in [6.45, 7) is 0.968. The van der Waals surface area contributed by atoms with Crippen LogP contribution in [-0.4, -0.2) is 28.4 Å². The standard InChI is InChI=1S/C10H11N3O5/c1-6(14)11-5-10(16)12-8-4-7(13(17)18)2-3-9(8)15/h2-4,15H,5H2,1H3,(H,11,14)(H,12,16). The SMILES string of the molecule is CC(=O)NCC(=O)Nc1cc([N+](=O)[O-])ccc1O. The van der Waals surface area contributed by atoms with Gasteiger partial charge in [0.05, 0.1) is 17.2 Å². The smallest absolute Gasteiger partial charge is 0.271 e. The maximum absolute atomic E-state index is 11.3. The second-order valence-electron chi connectivity index (χ2n) is 3.42. The van der Waals surface area contributed by atoms with E-state index in [1.165, 1.54) is 6.92 Å². The summed E-state index contributed by atoms with van der Waals surface area (Å²) in [5, 5.41) is 24.4. The molecule has 8 heteroatoms. The zero-order chi connectivity index (χ0) is 13.7. The minimum absolute atomic E-state index is 0.0837. The summed E-state index contributed by atoms with van der Waals surface area (Å²) in [5.74, 6) is -1.27. The number of amides is 2. The number of hydrogen-bond acceptors (Lipinski definition) is 5. The molecule has 0 bridgehead atoms. The first kappa shape index (κ1) is 13.4. The summed E-state index contributed by atoms with van der Waals surface area (Å²) in [4.78, 5) is 31.8. The van der Waals surface area contributed by atoms with Crippen molar-refractivity contribution < 1.29 is 19.6 Å². The number of benzene rings is 1. The number of rotatable bonds is 4. The Morgan fingerprint density at radius 1 is 1.44 bits per heavy atom. The predicted octanol–water partition coefficient (Wildman–Crippen LogP) is 0.375. The third-order valence-electron chi connectivity index (χ3n) is 1.96. The number of carbonyl (C=O) groups is 2. The molecule has 0 aliphatic heterocycles. The molecule has 0 spiro atoms. The van der Waals surface area contributed by atoms with E-state index < -0.39 is 10.8 Å². The van der Waals surface area contributed by atoms with Gasteiger partial charge in [-0.15, -0.1) is 0 Å². The number of hydrogen-bond donors (Lipinski definition) is 3.